The molecule has 8 heteroatoms. The Morgan fingerprint density at radius 2 is 2.29 bits per heavy atom. The Kier molecular flexibility index (Phi) is 5.23. The molecule has 0 aromatic heterocycles. The number of hydrazine groups is 1. The molecule has 0 aromatic rings. The van der Waals surface area contributed by atoms with Crippen molar-refractivity contribution in [3.05, 3.63) is 0 Å². The quantitative estimate of drug-likeness (QED) is 0.391. The van der Waals surface area contributed by atoms with E-state index in [0.29, 0.717) is 18.8 Å². The predicted octanol–water partition coefficient (Wildman–Crippen LogP) is -0.968. The predicted molar refractivity (Wildman–Crippen MR) is 69.0 cm³/mol. The van der Waals surface area contributed by atoms with Gasteiger partial charge < -0.3 is 0 Å². The number of carbonyl (C=O) groups excluding carboxylic acids is 1. The average molecular weight is 281 g/mol. The first-order valence-electron chi connectivity index (χ1n) is 5.37. The lowest BCUT2D eigenvalue weighted by molar-refractivity contribution is -0.125. The van der Waals surface area contributed by atoms with Gasteiger partial charge in [0.1, 0.15) is 5.37 Å². The summed E-state index contributed by atoms with van der Waals surface area (Å²) in [6, 6.07) is 0. The topological polar surface area (TPSA) is 92.5 Å². The van der Waals surface area contributed by atoms with Crippen LogP contribution in [0.1, 0.15) is 6.92 Å². The average Bonchev–Trinajstić information content (AvgIpc) is 2.27. The van der Waals surface area contributed by atoms with Gasteiger partial charge in [0.25, 0.3) is 0 Å². The maximum absolute atomic E-state index is 11.6. The summed E-state index contributed by atoms with van der Waals surface area (Å²) in [5.41, 5.74) is 2.09. The van der Waals surface area contributed by atoms with Crippen LogP contribution in [0.5, 0.6) is 0 Å². The second-order valence-corrected chi connectivity index (χ2v) is 7.62. The Morgan fingerprint density at radius 1 is 1.65 bits per heavy atom. The van der Waals surface area contributed by atoms with Crippen molar-refractivity contribution < 1.29 is 13.2 Å². The molecule has 1 amide bonds. The van der Waals surface area contributed by atoms with Gasteiger partial charge in [-0.15, -0.1) is 0 Å². The Hall–Kier alpha value is -0.310. The van der Waals surface area contributed by atoms with Crippen LogP contribution in [0.15, 0.2) is 0 Å². The molecule has 2 atom stereocenters. The second kappa shape index (κ2) is 6.03. The van der Waals surface area contributed by atoms with E-state index in [-0.39, 0.29) is 11.8 Å². The molecule has 0 saturated carbocycles. The number of nitrogens with two attached hydrogens (primary N) is 1. The fourth-order valence-electron chi connectivity index (χ4n) is 1.80. The van der Waals surface area contributed by atoms with Gasteiger partial charge in [0.15, 0.2) is 9.84 Å². The largest absolute Gasteiger partial charge is 0.294 e. The highest BCUT2D eigenvalue weighted by atomic mass is 32.2. The smallest absolute Gasteiger partial charge is 0.237 e. The van der Waals surface area contributed by atoms with Gasteiger partial charge in [0.2, 0.25) is 5.91 Å². The zero-order valence-corrected chi connectivity index (χ0v) is 11.7. The number of thioether (sulfide) groups is 1. The van der Waals surface area contributed by atoms with Crippen LogP contribution >= 0.6 is 11.8 Å². The number of sulfone groups is 1. The van der Waals surface area contributed by atoms with Crippen molar-refractivity contribution in [1.82, 2.24) is 10.3 Å². The van der Waals surface area contributed by atoms with Gasteiger partial charge in [0, 0.05) is 36.8 Å². The first kappa shape index (κ1) is 14.7. The van der Waals surface area contributed by atoms with Gasteiger partial charge in [-0.1, -0.05) is 6.92 Å². The van der Waals surface area contributed by atoms with E-state index >= 15 is 0 Å². The van der Waals surface area contributed by atoms with E-state index < -0.39 is 15.2 Å². The lowest BCUT2D eigenvalue weighted by Gasteiger charge is -2.35. The molecule has 2 unspecified atom stereocenters. The number of amides is 1. The summed E-state index contributed by atoms with van der Waals surface area (Å²) in [5.74, 6) is 5.93. The Balaban J connectivity index is 2.70. The van der Waals surface area contributed by atoms with Gasteiger partial charge in [-0.3, -0.25) is 15.1 Å². The van der Waals surface area contributed by atoms with Crippen molar-refractivity contribution in [2.45, 2.75) is 12.3 Å². The van der Waals surface area contributed by atoms with Crippen molar-refractivity contribution in [3.8, 4) is 0 Å². The number of rotatable bonds is 4. The maximum Gasteiger partial charge on any atom is 0.237 e. The fourth-order valence-corrected chi connectivity index (χ4v) is 4.75. The zero-order chi connectivity index (χ0) is 13.1. The van der Waals surface area contributed by atoms with Gasteiger partial charge in [-0.05, 0) is 0 Å². The number of hydrogen-bond acceptors (Lipinski definition) is 6. The van der Waals surface area contributed by atoms with Crippen molar-refractivity contribution in [2.24, 2.45) is 11.8 Å². The third kappa shape index (κ3) is 4.13. The van der Waals surface area contributed by atoms with Crippen molar-refractivity contribution in [3.63, 3.8) is 0 Å². The van der Waals surface area contributed by atoms with E-state index in [1.165, 1.54) is 6.26 Å². The summed E-state index contributed by atoms with van der Waals surface area (Å²) >= 11 is 1.63. The minimum Gasteiger partial charge on any atom is -0.294 e. The van der Waals surface area contributed by atoms with Crippen molar-refractivity contribution in [2.75, 3.05) is 30.9 Å². The maximum atomic E-state index is 11.6. The first-order valence-corrected chi connectivity index (χ1v) is 8.48. The molecule has 1 fully saturated rings. The van der Waals surface area contributed by atoms with Crippen LogP contribution in [0.3, 0.4) is 0 Å². The number of carbonyl (C=O) groups is 1. The van der Waals surface area contributed by atoms with Crippen LogP contribution in [0.2, 0.25) is 0 Å². The minimum absolute atomic E-state index is 0.268. The van der Waals surface area contributed by atoms with Crippen LogP contribution < -0.4 is 11.3 Å². The van der Waals surface area contributed by atoms with E-state index in [1.807, 2.05) is 4.90 Å². The molecule has 1 rings (SSSR count). The molecule has 1 aliphatic heterocycles. The highest BCUT2D eigenvalue weighted by Crippen LogP contribution is 2.21. The highest BCUT2D eigenvalue weighted by Gasteiger charge is 2.32. The van der Waals surface area contributed by atoms with Crippen molar-refractivity contribution >= 4 is 27.5 Å². The monoisotopic (exact) mass is 281 g/mol. The van der Waals surface area contributed by atoms with E-state index in [0.717, 1.165) is 5.75 Å². The molecular weight excluding hydrogens is 262 g/mol. The van der Waals surface area contributed by atoms with Crippen LogP contribution in [0, 0.1) is 5.92 Å². The molecule has 1 saturated heterocycles. The highest BCUT2D eigenvalue weighted by molar-refractivity contribution is 8.00. The zero-order valence-electron chi connectivity index (χ0n) is 10.0. The molecule has 17 heavy (non-hydrogen) atoms. The summed E-state index contributed by atoms with van der Waals surface area (Å²) in [7, 11) is -3.11. The molecule has 0 aliphatic carbocycles. The standard InChI is InChI=1S/C9H19N3O3S2/c1-7(9(13)11-10)5-12-3-4-16-6-8(12)17(2,14)15/h7-8H,3-6,10H2,1-2H3,(H,11,13). The van der Waals surface area contributed by atoms with Crippen LogP contribution in [-0.4, -0.2) is 55.4 Å². The fraction of sp³-hybridized carbons (Fsp3) is 0.889. The van der Waals surface area contributed by atoms with Crippen LogP contribution in [0.25, 0.3) is 0 Å². The van der Waals surface area contributed by atoms with Gasteiger partial charge in [-0.2, -0.15) is 11.8 Å². The normalized spacial score (nSPS) is 24.3. The lowest BCUT2D eigenvalue weighted by atomic mass is 10.1. The molecule has 1 heterocycles. The summed E-state index contributed by atoms with van der Waals surface area (Å²) in [6.07, 6.45) is 1.24. The summed E-state index contributed by atoms with van der Waals surface area (Å²) in [4.78, 5) is 13.2. The van der Waals surface area contributed by atoms with Gasteiger partial charge in [0.05, 0.1) is 0 Å². The van der Waals surface area contributed by atoms with Crippen LogP contribution in [-0.2, 0) is 14.6 Å². The Morgan fingerprint density at radius 3 is 2.82 bits per heavy atom. The molecule has 3 N–H and O–H groups in total. The SMILES string of the molecule is CC(CN1CCSCC1S(C)(=O)=O)C(=O)NN. The lowest BCUT2D eigenvalue weighted by Crippen LogP contribution is -2.50. The van der Waals surface area contributed by atoms with E-state index in [1.54, 1.807) is 18.7 Å². The summed E-state index contributed by atoms with van der Waals surface area (Å²) < 4.78 is 23.3. The number of nitrogens with one attached hydrogen (secondary N) is 1. The minimum atomic E-state index is -3.11. The first-order chi connectivity index (χ1) is 7.86. The molecule has 0 bridgehead atoms. The van der Waals surface area contributed by atoms with Crippen LogP contribution in [0.4, 0.5) is 0 Å². The molecule has 100 valence electrons. The second-order valence-electron chi connectivity index (χ2n) is 4.26. The summed E-state index contributed by atoms with van der Waals surface area (Å²) in [5, 5.41) is -0.491. The summed E-state index contributed by atoms with van der Waals surface area (Å²) in [6.45, 7) is 2.84. The molecule has 1 aliphatic rings. The Bertz CT molecular complexity index is 372. The molecule has 0 aromatic carbocycles. The van der Waals surface area contributed by atoms with E-state index in [4.69, 9.17) is 5.84 Å². The number of hydrogen-bond donors (Lipinski definition) is 2. The third-order valence-electron chi connectivity index (χ3n) is 2.78. The molecule has 0 radical (unpaired) electrons. The molecular formula is C9H19N3O3S2. The van der Waals surface area contributed by atoms with E-state index in [9.17, 15) is 13.2 Å². The van der Waals surface area contributed by atoms with Crippen molar-refractivity contribution in [1.29, 1.82) is 0 Å². The third-order valence-corrected chi connectivity index (χ3v) is 5.47. The van der Waals surface area contributed by atoms with Gasteiger partial charge in [-0.25, -0.2) is 14.3 Å². The van der Waals surface area contributed by atoms with E-state index in [2.05, 4.69) is 5.43 Å². The number of nitrogens with zero attached hydrogens (tertiary/aromatic N) is 1. The Labute approximate surface area is 106 Å². The molecule has 6 nitrogen and oxygen atoms in total. The molecule has 0 spiro atoms. The van der Waals surface area contributed by atoms with Gasteiger partial charge >= 0.3 is 0 Å².